The lowest BCUT2D eigenvalue weighted by atomic mass is 9.84. The molecule has 1 atom stereocenters. The minimum Gasteiger partial charge on any atom is -0.324 e. The number of guanidine groups is 1. The summed E-state index contributed by atoms with van der Waals surface area (Å²) in [4.78, 5) is 13.8. The molecule has 0 aromatic heterocycles. The number of rotatable bonds is 0. The highest BCUT2D eigenvalue weighted by Crippen LogP contribution is 2.34. The van der Waals surface area contributed by atoms with Gasteiger partial charge in [0.1, 0.15) is 6.04 Å². The van der Waals surface area contributed by atoms with Gasteiger partial charge in [-0.25, -0.2) is 10.9 Å². The van der Waals surface area contributed by atoms with Gasteiger partial charge in [-0.2, -0.15) is 0 Å². The maximum Gasteiger partial charge on any atom is 0.267 e. The van der Waals surface area contributed by atoms with Gasteiger partial charge < -0.3 is 4.90 Å². The largest absolute Gasteiger partial charge is 0.324 e. The van der Waals surface area contributed by atoms with Gasteiger partial charge in [0.05, 0.1) is 0 Å². The summed E-state index contributed by atoms with van der Waals surface area (Å²) < 4.78 is 0. The lowest BCUT2D eigenvalue weighted by molar-refractivity contribution is -0.131. The zero-order valence-corrected chi connectivity index (χ0v) is 11.0. The molecule has 0 aliphatic carbocycles. The third kappa shape index (κ3) is 1.91. The number of nitrogens with two attached hydrogens (primary N) is 1. The predicted octanol–water partition coefficient (Wildman–Crippen LogP) is 1.15. The van der Waals surface area contributed by atoms with Gasteiger partial charge in [0.2, 0.25) is 5.96 Å². The minimum absolute atomic E-state index is 0.0809. The molecule has 92 valence electrons. The molecule has 16 heavy (non-hydrogen) atoms. The molecular formula is C11H22N4O. The Morgan fingerprint density at radius 3 is 1.88 bits per heavy atom. The van der Waals surface area contributed by atoms with Crippen LogP contribution in [0.15, 0.2) is 0 Å². The van der Waals surface area contributed by atoms with Crippen LogP contribution in [-0.4, -0.2) is 33.4 Å². The number of carbonyl (C=O) groups excluding carboxylic acids is 1. The molecule has 3 N–H and O–H groups in total. The molecule has 0 radical (unpaired) electrons. The molecule has 1 unspecified atom stereocenters. The summed E-state index contributed by atoms with van der Waals surface area (Å²) in [5, 5.41) is 8.86. The molecule has 0 saturated carbocycles. The van der Waals surface area contributed by atoms with Crippen molar-refractivity contribution in [3.8, 4) is 0 Å². The van der Waals surface area contributed by atoms with Crippen molar-refractivity contribution in [3.63, 3.8) is 0 Å². The zero-order valence-electron chi connectivity index (χ0n) is 11.0. The van der Waals surface area contributed by atoms with Crippen LogP contribution in [0.4, 0.5) is 0 Å². The highest BCUT2D eigenvalue weighted by atomic mass is 16.2. The fraction of sp³-hybridized carbons (Fsp3) is 0.818. The predicted molar refractivity (Wildman–Crippen MR) is 63.6 cm³/mol. The highest BCUT2D eigenvalue weighted by Gasteiger charge is 2.51. The van der Waals surface area contributed by atoms with E-state index in [2.05, 4.69) is 0 Å². The minimum atomic E-state index is -0.370. The average Bonchev–Trinajstić information content (AvgIpc) is 2.27. The summed E-state index contributed by atoms with van der Waals surface area (Å²) in [6, 6.07) is -0.370. The van der Waals surface area contributed by atoms with E-state index in [1.54, 1.807) is 4.90 Å². The van der Waals surface area contributed by atoms with Crippen LogP contribution in [0.5, 0.6) is 0 Å². The molecule has 0 bridgehead atoms. The van der Waals surface area contributed by atoms with Crippen molar-refractivity contribution in [2.75, 3.05) is 0 Å². The molecule has 0 aromatic carbocycles. The fourth-order valence-corrected chi connectivity index (χ4v) is 2.05. The maximum atomic E-state index is 12.0. The lowest BCUT2D eigenvalue weighted by Gasteiger charge is -2.41. The van der Waals surface area contributed by atoms with Gasteiger partial charge in [-0.15, -0.1) is 0 Å². The first kappa shape index (κ1) is 13.0. The van der Waals surface area contributed by atoms with Crippen molar-refractivity contribution in [1.29, 1.82) is 5.41 Å². The van der Waals surface area contributed by atoms with E-state index in [0.29, 0.717) is 0 Å². The highest BCUT2D eigenvalue weighted by molar-refractivity contribution is 6.05. The van der Waals surface area contributed by atoms with Crippen LogP contribution >= 0.6 is 0 Å². The van der Waals surface area contributed by atoms with Gasteiger partial charge >= 0.3 is 0 Å². The summed E-state index contributed by atoms with van der Waals surface area (Å²) in [5.74, 6) is 5.49. The summed E-state index contributed by atoms with van der Waals surface area (Å²) in [6.45, 7) is 11.9. The van der Waals surface area contributed by atoms with E-state index in [1.807, 2.05) is 41.5 Å². The van der Waals surface area contributed by atoms with E-state index in [1.165, 1.54) is 0 Å². The molecule has 5 heteroatoms. The number of hydrazine groups is 1. The van der Waals surface area contributed by atoms with E-state index >= 15 is 0 Å². The molecular weight excluding hydrogens is 204 g/mol. The summed E-state index contributed by atoms with van der Waals surface area (Å²) in [5.41, 5.74) is -0.538. The van der Waals surface area contributed by atoms with E-state index in [0.717, 1.165) is 5.01 Å². The SMILES string of the molecule is CC(C)(C)C1C(=O)N(N)C(=N)N1C(C)(C)C. The van der Waals surface area contributed by atoms with E-state index < -0.39 is 0 Å². The first-order valence-corrected chi connectivity index (χ1v) is 5.44. The molecule has 1 rings (SSSR count). The number of hydrogen-bond donors (Lipinski definition) is 2. The monoisotopic (exact) mass is 226 g/mol. The van der Waals surface area contributed by atoms with Crippen LogP contribution in [0, 0.1) is 10.8 Å². The number of amides is 1. The van der Waals surface area contributed by atoms with E-state index in [-0.39, 0.29) is 28.9 Å². The second kappa shape index (κ2) is 3.45. The van der Waals surface area contributed by atoms with Crippen molar-refractivity contribution in [2.24, 2.45) is 11.3 Å². The fourth-order valence-electron chi connectivity index (χ4n) is 2.05. The number of carbonyl (C=O) groups is 1. The summed E-state index contributed by atoms with van der Waals surface area (Å²) >= 11 is 0. The lowest BCUT2D eigenvalue weighted by Crippen LogP contribution is -2.53. The van der Waals surface area contributed by atoms with Crippen molar-refractivity contribution < 1.29 is 4.79 Å². The molecule has 1 aliphatic rings. The van der Waals surface area contributed by atoms with Crippen LogP contribution in [0.2, 0.25) is 0 Å². The third-order valence-corrected chi connectivity index (χ3v) is 2.73. The molecule has 1 aliphatic heterocycles. The van der Waals surface area contributed by atoms with Crippen LogP contribution in [0.3, 0.4) is 0 Å². The Kier molecular flexibility index (Phi) is 2.79. The van der Waals surface area contributed by atoms with Crippen LogP contribution in [-0.2, 0) is 4.79 Å². The normalized spacial score (nSPS) is 23.3. The van der Waals surface area contributed by atoms with Gasteiger partial charge in [-0.1, -0.05) is 20.8 Å². The Morgan fingerprint density at radius 2 is 1.62 bits per heavy atom. The van der Waals surface area contributed by atoms with Gasteiger partial charge in [-0.05, 0) is 26.2 Å². The molecule has 1 heterocycles. The Balaban J connectivity index is 3.23. The van der Waals surface area contributed by atoms with E-state index in [4.69, 9.17) is 11.3 Å². The topological polar surface area (TPSA) is 73.4 Å². The molecule has 5 nitrogen and oxygen atoms in total. The Morgan fingerprint density at radius 1 is 1.19 bits per heavy atom. The number of hydrogen-bond acceptors (Lipinski definition) is 3. The Labute approximate surface area is 97.1 Å². The standard InChI is InChI=1S/C11H22N4O/c1-10(2,3)7-8(16)15(13)9(12)14(7)11(4,5)6/h7,12H,13H2,1-6H3. The second-order valence-corrected chi connectivity index (χ2v) is 6.34. The molecule has 0 aromatic rings. The smallest absolute Gasteiger partial charge is 0.267 e. The first-order valence-electron chi connectivity index (χ1n) is 5.44. The van der Waals surface area contributed by atoms with Crippen molar-refractivity contribution in [1.82, 2.24) is 9.91 Å². The first-order chi connectivity index (χ1) is 6.98. The second-order valence-electron chi connectivity index (χ2n) is 6.34. The van der Waals surface area contributed by atoms with Crippen LogP contribution < -0.4 is 5.84 Å². The molecule has 1 fully saturated rings. The van der Waals surface area contributed by atoms with Crippen LogP contribution in [0.25, 0.3) is 0 Å². The van der Waals surface area contributed by atoms with Gasteiger partial charge in [0.25, 0.3) is 5.91 Å². The molecule has 1 saturated heterocycles. The van der Waals surface area contributed by atoms with Crippen molar-refractivity contribution in [3.05, 3.63) is 0 Å². The van der Waals surface area contributed by atoms with Crippen LogP contribution in [0.1, 0.15) is 41.5 Å². The van der Waals surface area contributed by atoms with Gasteiger partial charge in [-0.3, -0.25) is 10.2 Å². The number of nitrogens with zero attached hydrogens (tertiary/aromatic N) is 2. The average molecular weight is 226 g/mol. The Hall–Kier alpha value is -1.10. The summed E-state index contributed by atoms with van der Waals surface area (Å²) in [7, 11) is 0. The van der Waals surface area contributed by atoms with Crippen molar-refractivity contribution >= 4 is 11.9 Å². The zero-order chi connectivity index (χ0) is 12.9. The van der Waals surface area contributed by atoms with Gasteiger partial charge in [0.15, 0.2) is 0 Å². The third-order valence-electron chi connectivity index (χ3n) is 2.73. The van der Waals surface area contributed by atoms with E-state index in [9.17, 15) is 4.79 Å². The maximum absolute atomic E-state index is 12.0. The van der Waals surface area contributed by atoms with Gasteiger partial charge in [0, 0.05) is 5.54 Å². The van der Waals surface area contributed by atoms with Crippen molar-refractivity contribution in [2.45, 2.75) is 53.1 Å². The molecule has 1 amide bonds. The Bertz CT molecular complexity index is 292. The number of nitrogens with one attached hydrogen (secondary N) is 1. The summed E-state index contributed by atoms with van der Waals surface area (Å²) in [6.07, 6.45) is 0. The molecule has 0 spiro atoms. The quantitative estimate of drug-likeness (QED) is 0.481.